The van der Waals surface area contributed by atoms with Crippen LogP contribution in [0.1, 0.15) is 18.1 Å². The Morgan fingerprint density at radius 3 is 2.48 bits per heavy atom. The molecule has 0 unspecified atom stereocenters. The summed E-state index contributed by atoms with van der Waals surface area (Å²) in [4.78, 5) is 12.4. The molecule has 0 aromatic heterocycles. The molecule has 0 aliphatic heterocycles. The third-order valence-corrected chi connectivity index (χ3v) is 4.25. The van der Waals surface area contributed by atoms with Crippen LogP contribution >= 0.6 is 0 Å². The number of amides is 1. The summed E-state index contributed by atoms with van der Waals surface area (Å²) in [6, 6.07) is 17.8. The number of carbonyl (C=O) groups is 1. The first-order valence-electron chi connectivity index (χ1n) is 8.55. The summed E-state index contributed by atoms with van der Waals surface area (Å²) in [6.07, 6.45) is 1.06. The largest absolute Gasteiger partial charge is 0.507 e. The van der Waals surface area contributed by atoms with Crippen molar-refractivity contribution in [3.05, 3.63) is 78.9 Å². The monoisotopic (exact) mass is 363 g/mol. The van der Waals surface area contributed by atoms with Crippen LogP contribution < -0.4 is 10.1 Å². The van der Waals surface area contributed by atoms with E-state index in [2.05, 4.69) is 11.9 Å². The maximum Gasteiger partial charge on any atom is 0.412 e. The molecular weight excluding hydrogens is 342 g/mol. The number of carbonyl (C=O) groups excluding carboxylic acids is 1. The van der Waals surface area contributed by atoms with Crippen molar-refractivity contribution < 1.29 is 19.4 Å². The molecular formula is C22H21NO4. The zero-order valence-corrected chi connectivity index (χ0v) is 15.0. The molecule has 138 valence electrons. The fraction of sp³-hybridized carbons (Fsp3) is 0.136. The number of methoxy groups -OCH3 is 1. The van der Waals surface area contributed by atoms with E-state index in [1.165, 1.54) is 0 Å². The molecule has 0 aliphatic carbocycles. The minimum absolute atomic E-state index is 0.189. The van der Waals surface area contributed by atoms with Crippen LogP contribution in [-0.2, 0) is 4.74 Å². The van der Waals surface area contributed by atoms with Gasteiger partial charge in [-0.1, -0.05) is 36.4 Å². The maximum atomic E-state index is 12.4. The first kappa shape index (κ1) is 18.3. The molecule has 2 N–H and O–H groups in total. The second kappa shape index (κ2) is 8.27. The predicted molar refractivity (Wildman–Crippen MR) is 106 cm³/mol. The average Bonchev–Trinajstić information content (AvgIpc) is 2.69. The van der Waals surface area contributed by atoms with Gasteiger partial charge in [0.15, 0.2) is 0 Å². The number of anilines is 1. The van der Waals surface area contributed by atoms with Crippen molar-refractivity contribution in [3.8, 4) is 11.5 Å². The van der Waals surface area contributed by atoms with E-state index in [4.69, 9.17) is 9.47 Å². The molecule has 1 amide bonds. The van der Waals surface area contributed by atoms with Gasteiger partial charge in [0.1, 0.15) is 17.6 Å². The number of rotatable bonds is 6. The van der Waals surface area contributed by atoms with Crippen molar-refractivity contribution in [2.75, 3.05) is 12.4 Å². The van der Waals surface area contributed by atoms with Crippen LogP contribution in [0.25, 0.3) is 10.8 Å². The lowest BCUT2D eigenvalue weighted by Crippen LogP contribution is -2.17. The maximum absolute atomic E-state index is 12.4. The molecule has 3 aromatic rings. The summed E-state index contributed by atoms with van der Waals surface area (Å²) < 4.78 is 10.8. The van der Waals surface area contributed by atoms with Gasteiger partial charge >= 0.3 is 6.09 Å². The smallest absolute Gasteiger partial charge is 0.412 e. The number of hydrogen-bond acceptors (Lipinski definition) is 4. The summed E-state index contributed by atoms with van der Waals surface area (Å²) in [5.41, 5.74) is 1.42. The molecule has 1 atom stereocenters. The van der Waals surface area contributed by atoms with E-state index in [-0.39, 0.29) is 5.75 Å². The molecule has 0 radical (unpaired) electrons. The van der Waals surface area contributed by atoms with Crippen LogP contribution in [0.4, 0.5) is 10.5 Å². The van der Waals surface area contributed by atoms with Crippen molar-refractivity contribution in [1.29, 1.82) is 0 Å². The third kappa shape index (κ3) is 4.20. The number of nitrogens with one attached hydrogen (secondary N) is 1. The van der Waals surface area contributed by atoms with Gasteiger partial charge < -0.3 is 14.6 Å². The number of phenolic OH excluding ortho intramolecular Hbond substituents is 1. The third-order valence-electron chi connectivity index (χ3n) is 4.25. The lowest BCUT2D eigenvalue weighted by atomic mass is 9.98. The first-order chi connectivity index (χ1) is 13.1. The number of aromatic hydroxyl groups is 1. The van der Waals surface area contributed by atoms with Gasteiger partial charge in [-0.05, 0) is 35.7 Å². The second-order valence-corrected chi connectivity index (χ2v) is 5.99. The minimum atomic E-state index is -0.566. The van der Waals surface area contributed by atoms with E-state index in [9.17, 15) is 9.90 Å². The van der Waals surface area contributed by atoms with E-state index in [1.54, 1.807) is 49.6 Å². The van der Waals surface area contributed by atoms with Crippen LogP contribution in [-0.4, -0.2) is 18.3 Å². The van der Waals surface area contributed by atoms with Crippen molar-refractivity contribution in [1.82, 2.24) is 0 Å². The Morgan fingerprint density at radius 1 is 1.11 bits per heavy atom. The van der Waals surface area contributed by atoms with E-state index in [0.29, 0.717) is 23.2 Å². The molecule has 0 fully saturated rings. The van der Waals surface area contributed by atoms with E-state index >= 15 is 0 Å². The van der Waals surface area contributed by atoms with Gasteiger partial charge in [-0.3, -0.25) is 5.32 Å². The molecule has 0 heterocycles. The van der Waals surface area contributed by atoms with Crippen LogP contribution in [0.2, 0.25) is 0 Å². The highest BCUT2D eigenvalue weighted by Gasteiger charge is 2.19. The van der Waals surface area contributed by atoms with Crippen molar-refractivity contribution in [3.63, 3.8) is 0 Å². The standard InChI is InChI=1S/C22H21NO4/c1-3-6-21(19-13-14-20(24)18-8-5-4-7-17(18)19)27-22(25)23-15-9-11-16(26-2)12-10-15/h3-5,7-14,21,24H,1,6H2,2H3,(H,23,25)/t21-/m1/s1. The van der Waals surface area contributed by atoms with Gasteiger partial charge in [0, 0.05) is 23.1 Å². The number of benzene rings is 3. The predicted octanol–water partition coefficient (Wildman–Crippen LogP) is 5.42. The Balaban J connectivity index is 1.82. The molecule has 3 rings (SSSR count). The van der Waals surface area contributed by atoms with Crippen molar-refractivity contribution in [2.24, 2.45) is 0 Å². The molecule has 3 aromatic carbocycles. The SMILES string of the molecule is C=CC[C@@H](OC(=O)Nc1ccc(OC)cc1)c1ccc(O)c2ccccc12. The highest BCUT2D eigenvalue weighted by atomic mass is 16.6. The fourth-order valence-electron chi connectivity index (χ4n) is 2.93. The number of fused-ring (bicyclic) bond motifs is 1. The topological polar surface area (TPSA) is 67.8 Å². The van der Waals surface area contributed by atoms with Gasteiger partial charge in [-0.25, -0.2) is 4.79 Å². The minimum Gasteiger partial charge on any atom is -0.507 e. The van der Waals surface area contributed by atoms with Gasteiger partial charge in [-0.15, -0.1) is 6.58 Å². The first-order valence-corrected chi connectivity index (χ1v) is 8.55. The molecule has 0 spiro atoms. The van der Waals surface area contributed by atoms with E-state index < -0.39 is 12.2 Å². The van der Waals surface area contributed by atoms with E-state index in [1.807, 2.05) is 24.3 Å². The molecule has 0 bridgehead atoms. The van der Waals surface area contributed by atoms with Crippen molar-refractivity contribution >= 4 is 22.6 Å². The Labute approximate surface area is 157 Å². The van der Waals surface area contributed by atoms with E-state index in [0.717, 1.165) is 10.9 Å². The van der Waals surface area contributed by atoms with Gasteiger partial charge in [0.25, 0.3) is 0 Å². The molecule has 5 heteroatoms. The van der Waals surface area contributed by atoms with Crippen LogP contribution in [0.3, 0.4) is 0 Å². The number of ether oxygens (including phenoxy) is 2. The van der Waals surface area contributed by atoms with Crippen molar-refractivity contribution in [2.45, 2.75) is 12.5 Å². The Hall–Kier alpha value is -3.47. The molecule has 0 saturated heterocycles. The summed E-state index contributed by atoms with van der Waals surface area (Å²) in [7, 11) is 1.58. The Bertz CT molecular complexity index is 950. The highest BCUT2D eigenvalue weighted by molar-refractivity contribution is 5.91. The molecule has 0 aliphatic rings. The Kier molecular flexibility index (Phi) is 5.61. The zero-order chi connectivity index (χ0) is 19.2. The normalized spacial score (nSPS) is 11.6. The van der Waals surface area contributed by atoms with Gasteiger partial charge in [0.2, 0.25) is 0 Å². The fourth-order valence-corrected chi connectivity index (χ4v) is 2.93. The average molecular weight is 363 g/mol. The molecule has 5 nitrogen and oxygen atoms in total. The zero-order valence-electron chi connectivity index (χ0n) is 15.0. The van der Waals surface area contributed by atoms with Crippen LogP contribution in [0, 0.1) is 0 Å². The lowest BCUT2D eigenvalue weighted by molar-refractivity contribution is 0.113. The lowest BCUT2D eigenvalue weighted by Gasteiger charge is -2.19. The summed E-state index contributed by atoms with van der Waals surface area (Å²) >= 11 is 0. The van der Waals surface area contributed by atoms with Gasteiger partial charge in [0.05, 0.1) is 7.11 Å². The van der Waals surface area contributed by atoms with Crippen LogP contribution in [0.5, 0.6) is 11.5 Å². The highest BCUT2D eigenvalue weighted by Crippen LogP contribution is 2.34. The number of hydrogen-bond donors (Lipinski definition) is 2. The quantitative estimate of drug-likeness (QED) is 0.574. The summed E-state index contributed by atoms with van der Waals surface area (Å²) in [5, 5.41) is 14.3. The molecule has 0 saturated carbocycles. The number of phenols is 1. The van der Waals surface area contributed by atoms with Gasteiger partial charge in [-0.2, -0.15) is 0 Å². The molecule has 27 heavy (non-hydrogen) atoms. The summed E-state index contributed by atoms with van der Waals surface area (Å²) in [6.45, 7) is 3.76. The second-order valence-electron chi connectivity index (χ2n) is 5.99. The Morgan fingerprint density at radius 2 is 1.81 bits per heavy atom. The summed E-state index contributed by atoms with van der Waals surface area (Å²) in [5.74, 6) is 0.892. The van der Waals surface area contributed by atoms with Crippen LogP contribution in [0.15, 0.2) is 73.3 Å².